The maximum absolute atomic E-state index is 12.2. The van der Waals surface area contributed by atoms with Gasteiger partial charge in [-0.1, -0.05) is 42.5 Å². The van der Waals surface area contributed by atoms with E-state index in [4.69, 9.17) is 4.74 Å². The summed E-state index contributed by atoms with van der Waals surface area (Å²) in [7, 11) is 0. The zero-order valence-electron chi connectivity index (χ0n) is 18.0. The number of ether oxygens (including phenoxy) is 1. The van der Waals surface area contributed by atoms with Crippen LogP contribution in [0.2, 0.25) is 0 Å². The Morgan fingerprint density at radius 1 is 0.938 bits per heavy atom. The molecule has 3 N–H and O–H groups in total. The number of amides is 1. The average molecular weight is 432 g/mol. The lowest BCUT2D eigenvalue weighted by Gasteiger charge is -2.33. The van der Waals surface area contributed by atoms with Crippen molar-refractivity contribution in [3.63, 3.8) is 0 Å². The third-order valence-electron chi connectivity index (χ3n) is 5.64. The number of pyridine rings is 1. The summed E-state index contributed by atoms with van der Waals surface area (Å²) in [6.07, 6.45) is 5.15. The van der Waals surface area contributed by atoms with Crippen molar-refractivity contribution >= 4 is 23.2 Å². The maximum atomic E-state index is 12.2. The highest BCUT2D eigenvalue weighted by Gasteiger charge is 2.20. The number of para-hydroxylation sites is 2. The molecule has 1 aliphatic rings. The number of nitrogens with zero attached hydrogens (tertiary/aromatic N) is 2. The number of benzene rings is 2. The van der Waals surface area contributed by atoms with Crippen molar-refractivity contribution < 1.29 is 9.53 Å². The number of nitrogens with one attached hydrogen (secondary N) is 3. The van der Waals surface area contributed by atoms with E-state index >= 15 is 0 Å². The van der Waals surface area contributed by atoms with Crippen molar-refractivity contribution in [2.75, 3.05) is 35.3 Å². The van der Waals surface area contributed by atoms with Crippen LogP contribution >= 0.6 is 0 Å². The highest BCUT2D eigenvalue weighted by Crippen LogP contribution is 2.23. The minimum atomic E-state index is -0.473. The number of carbonyl (C=O) groups is 1. The van der Waals surface area contributed by atoms with E-state index < -0.39 is 6.09 Å². The molecule has 7 heteroatoms. The van der Waals surface area contributed by atoms with E-state index in [-0.39, 0.29) is 0 Å². The van der Waals surface area contributed by atoms with Gasteiger partial charge in [-0.2, -0.15) is 0 Å². The van der Waals surface area contributed by atoms with Crippen LogP contribution in [0.5, 0.6) is 0 Å². The van der Waals surface area contributed by atoms with E-state index in [9.17, 15) is 4.79 Å². The number of hydrazine groups is 1. The Labute approximate surface area is 188 Å². The maximum Gasteiger partial charge on any atom is 0.425 e. The van der Waals surface area contributed by atoms with Gasteiger partial charge in [0.15, 0.2) is 0 Å². The fourth-order valence-corrected chi connectivity index (χ4v) is 3.80. The summed E-state index contributed by atoms with van der Waals surface area (Å²) in [4.78, 5) is 18.6. The minimum Gasteiger partial charge on any atom is -0.448 e. The molecule has 1 aliphatic heterocycles. The Bertz CT molecular complexity index is 976. The minimum absolute atomic E-state index is 0.374. The summed E-state index contributed by atoms with van der Waals surface area (Å²) in [5.74, 6) is 0.374. The molecule has 0 atom stereocenters. The molecular formula is C25H29N5O2. The summed E-state index contributed by atoms with van der Waals surface area (Å²) in [6.45, 7) is 3.03. The van der Waals surface area contributed by atoms with Crippen LogP contribution in [0.1, 0.15) is 18.4 Å². The summed E-state index contributed by atoms with van der Waals surface area (Å²) in [6, 6.07) is 22.0. The molecule has 0 aliphatic carbocycles. The van der Waals surface area contributed by atoms with Crippen molar-refractivity contribution in [3.8, 4) is 0 Å². The first-order valence-corrected chi connectivity index (χ1v) is 11.0. The molecule has 166 valence electrons. The van der Waals surface area contributed by atoms with Crippen molar-refractivity contribution in [1.29, 1.82) is 0 Å². The lowest BCUT2D eigenvalue weighted by molar-refractivity contribution is 0.122. The van der Waals surface area contributed by atoms with Gasteiger partial charge in [0.05, 0.1) is 18.0 Å². The number of carbonyl (C=O) groups excluding carboxylic acids is 1. The van der Waals surface area contributed by atoms with Crippen molar-refractivity contribution in [3.05, 3.63) is 84.7 Å². The van der Waals surface area contributed by atoms with E-state index in [0.717, 1.165) is 37.3 Å². The normalized spacial score (nSPS) is 13.9. The largest absolute Gasteiger partial charge is 0.448 e. The predicted octanol–water partition coefficient (Wildman–Crippen LogP) is 4.66. The predicted molar refractivity (Wildman–Crippen MR) is 127 cm³/mol. The van der Waals surface area contributed by atoms with Gasteiger partial charge in [0.25, 0.3) is 0 Å². The number of hydrogen-bond donors (Lipinski definition) is 3. The molecule has 3 aromatic rings. The van der Waals surface area contributed by atoms with Crippen LogP contribution in [-0.4, -0.2) is 30.8 Å². The highest BCUT2D eigenvalue weighted by atomic mass is 16.6. The molecule has 0 bridgehead atoms. The lowest BCUT2D eigenvalue weighted by Crippen LogP contribution is -2.37. The zero-order valence-corrected chi connectivity index (χ0v) is 18.0. The fraction of sp³-hybridized carbons (Fsp3) is 0.280. The van der Waals surface area contributed by atoms with Crippen LogP contribution in [0.3, 0.4) is 0 Å². The summed E-state index contributed by atoms with van der Waals surface area (Å²) < 4.78 is 5.45. The lowest BCUT2D eigenvalue weighted by atomic mass is 9.97. The molecule has 0 spiro atoms. The van der Waals surface area contributed by atoms with Gasteiger partial charge in [-0.25, -0.2) is 10.2 Å². The monoisotopic (exact) mass is 431 g/mol. The summed E-state index contributed by atoms with van der Waals surface area (Å²) >= 11 is 0. The van der Waals surface area contributed by atoms with E-state index in [1.165, 1.54) is 11.3 Å². The second-order valence-electron chi connectivity index (χ2n) is 7.87. The molecule has 2 aromatic carbocycles. The smallest absolute Gasteiger partial charge is 0.425 e. The summed E-state index contributed by atoms with van der Waals surface area (Å²) in [5, 5.41) is 3.39. The van der Waals surface area contributed by atoms with Crippen LogP contribution in [0.25, 0.3) is 0 Å². The van der Waals surface area contributed by atoms with Gasteiger partial charge in [-0.3, -0.25) is 10.4 Å². The molecule has 4 rings (SSSR count). The highest BCUT2D eigenvalue weighted by molar-refractivity contribution is 5.74. The number of anilines is 3. The van der Waals surface area contributed by atoms with E-state index in [2.05, 4.69) is 38.2 Å². The Hall–Kier alpha value is -3.74. The average Bonchev–Trinajstić information content (AvgIpc) is 2.87. The van der Waals surface area contributed by atoms with Gasteiger partial charge in [-0.05, 0) is 48.6 Å². The molecule has 1 aromatic heterocycles. The van der Waals surface area contributed by atoms with E-state index in [1.54, 1.807) is 0 Å². The number of piperidine rings is 1. The Morgan fingerprint density at radius 3 is 2.38 bits per heavy atom. The van der Waals surface area contributed by atoms with Crippen LogP contribution in [0, 0.1) is 5.92 Å². The number of rotatable bonds is 8. The van der Waals surface area contributed by atoms with Crippen LogP contribution in [0.4, 0.5) is 21.9 Å². The third kappa shape index (κ3) is 6.14. The Balaban J connectivity index is 1.19. The summed E-state index contributed by atoms with van der Waals surface area (Å²) in [5.41, 5.74) is 9.67. The van der Waals surface area contributed by atoms with Gasteiger partial charge in [0, 0.05) is 37.7 Å². The Kier molecular flexibility index (Phi) is 7.42. The van der Waals surface area contributed by atoms with Crippen molar-refractivity contribution in [2.24, 2.45) is 5.92 Å². The quantitative estimate of drug-likeness (QED) is 0.450. The zero-order chi connectivity index (χ0) is 22.0. The van der Waals surface area contributed by atoms with Crippen molar-refractivity contribution in [2.45, 2.75) is 19.4 Å². The third-order valence-corrected chi connectivity index (χ3v) is 5.64. The van der Waals surface area contributed by atoms with Crippen molar-refractivity contribution in [1.82, 2.24) is 10.4 Å². The first-order valence-electron chi connectivity index (χ1n) is 11.0. The standard InChI is InChI=1S/C25H29N5O2/c31-25(32-19-21-12-16-30(17-13-21)22-10-14-26-15-11-22)29-28-24-9-5-4-8-23(24)27-18-20-6-2-1-3-7-20/h1-11,14-15,21,27-28H,12-13,16-19H2,(H,29,31). The topological polar surface area (TPSA) is 78.5 Å². The van der Waals surface area contributed by atoms with Gasteiger partial charge >= 0.3 is 6.09 Å². The fourth-order valence-electron chi connectivity index (χ4n) is 3.80. The van der Waals surface area contributed by atoms with Gasteiger partial charge in [0.2, 0.25) is 0 Å². The molecule has 2 heterocycles. The molecule has 0 radical (unpaired) electrons. The molecular weight excluding hydrogens is 402 g/mol. The first kappa shape index (κ1) is 21.5. The molecule has 1 amide bonds. The van der Waals surface area contributed by atoms with Gasteiger partial charge in [0.1, 0.15) is 0 Å². The van der Waals surface area contributed by atoms with Crippen LogP contribution in [-0.2, 0) is 11.3 Å². The van der Waals surface area contributed by atoms with Crippen LogP contribution < -0.4 is 21.1 Å². The molecule has 0 unspecified atom stereocenters. The van der Waals surface area contributed by atoms with Gasteiger partial charge < -0.3 is 15.0 Å². The van der Waals surface area contributed by atoms with Gasteiger partial charge in [-0.15, -0.1) is 0 Å². The first-order chi connectivity index (χ1) is 15.8. The number of aromatic nitrogens is 1. The SMILES string of the molecule is O=C(NNc1ccccc1NCc1ccccc1)OCC1CCN(c2ccncc2)CC1. The van der Waals surface area contributed by atoms with E-state index in [1.807, 2.05) is 67.0 Å². The number of hydrogen-bond acceptors (Lipinski definition) is 6. The molecule has 1 fully saturated rings. The second-order valence-corrected chi connectivity index (χ2v) is 7.87. The van der Waals surface area contributed by atoms with E-state index in [0.29, 0.717) is 19.1 Å². The molecule has 0 saturated carbocycles. The second kappa shape index (κ2) is 11.0. The molecule has 32 heavy (non-hydrogen) atoms. The molecule has 7 nitrogen and oxygen atoms in total. The van der Waals surface area contributed by atoms with Crippen LogP contribution in [0.15, 0.2) is 79.1 Å². The Morgan fingerprint density at radius 2 is 1.62 bits per heavy atom. The molecule has 1 saturated heterocycles.